The molecule has 0 saturated carbocycles. The summed E-state index contributed by atoms with van der Waals surface area (Å²) < 4.78 is 5.21. The second-order valence-corrected chi connectivity index (χ2v) is 5.32. The van der Waals surface area contributed by atoms with Gasteiger partial charge in [-0.15, -0.1) is 0 Å². The Hall–Kier alpha value is -3.15. The second kappa shape index (κ2) is 6.95. The number of nitrogens with one attached hydrogen (secondary N) is 1. The van der Waals surface area contributed by atoms with Gasteiger partial charge in [-0.25, -0.2) is 9.97 Å². The van der Waals surface area contributed by atoms with Crippen LogP contribution in [-0.2, 0) is 6.54 Å². The Labute approximate surface area is 140 Å². The number of aromatic nitrogens is 2. The first-order chi connectivity index (χ1) is 11.6. The molecular formula is C18H18N4O2. The van der Waals surface area contributed by atoms with E-state index in [1.54, 1.807) is 31.4 Å². The van der Waals surface area contributed by atoms with Crippen LogP contribution in [0.15, 0.2) is 59.2 Å². The molecule has 122 valence electrons. The molecule has 1 amide bonds. The lowest BCUT2D eigenvalue weighted by Gasteiger charge is -2.19. The van der Waals surface area contributed by atoms with Crippen LogP contribution in [-0.4, -0.2) is 22.9 Å². The van der Waals surface area contributed by atoms with E-state index in [1.807, 2.05) is 42.3 Å². The van der Waals surface area contributed by atoms with Crippen LogP contribution in [0.4, 0.5) is 11.5 Å². The zero-order valence-corrected chi connectivity index (χ0v) is 13.6. The smallest absolute Gasteiger partial charge is 0.270 e. The summed E-state index contributed by atoms with van der Waals surface area (Å²) in [4.78, 5) is 22.9. The molecule has 0 aliphatic carbocycles. The predicted molar refractivity (Wildman–Crippen MR) is 91.2 cm³/mol. The lowest BCUT2D eigenvalue weighted by atomic mass is 10.3. The van der Waals surface area contributed by atoms with Crippen LogP contribution in [0, 0.1) is 6.92 Å². The Morgan fingerprint density at radius 1 is 1.17 bits per heavy atom. The molecule has 0 atom stereocenters. The number of carbonyl (C=O) groups excluding carboxylic acids is 1. The van der Waals surface area contributed by atoms with Gasteiger partial charge in [0.25, 0.3) is 5.91 Å². The van der Waals surface area contributed by atoms with Crippen molar-refractivity contribution in [2.24, 2.45) is 0 Å². The number of rotatable bonds is 5. The van der Waals surface area contributed by atoms with Gasteiger partial charge < -0.3 is 14.6 Å². The molecule has 1 aromatic carbocycles. The number of aryl methyl sites for hydroxylation is 1. The van der Waals surface area contributed by atoms with E-state index in [2.05, 4.69) is 15.3 Å². The van der Waals surface area contributed by atoms with Crippen molar-refractivity contribution in [1.29, 1.82) is 0 Å². The molecule has 0 radical (unpaired) electrons. The highest BCUT2D eigenvalue weighted by Crippen LogP contribution is 2.21. The topological polar surface area (TPSA) is 71.3 Å². The maximum Gasteiger partial charge on any atom is 0.270 e. The van der Waals surface area contributed by atoms with Crippen molar-refractivity contribution in [2.75, 3.05) is 11.9 Å². The molecular weight excluding hydrogens is 304 g/mol. The van der Waals surface area contributed by atoms with Gasteiger partial charge in [-0.2, -0.15) is 0 Å². The first kappa shape index (κ1) is 15.7. The summed E-state index contributed by atoms with van der Waals surface area (Å²) in [6.07, 6.45) is 1.57. The van der Waals surface area contributed by atoms with Crippen molar-refractivity contribution >= 4 is 17.4 Å². The molecule has 6 heteroatoms. The van der Waals surface area contributed by atoms with E-state index >= 15 is 0 Å². The lowest BCUT2D eigenvalue weighted by molar-refractivity contribution is 0.0942. The molecule has 3 aromatic rings. The zero-order valence-electron chi connectivity index (χ0n) is 13.6. The normalized spacial score (nSPS) is 10.4. The van der Waals surface area contributed by atoms with E-state index in [0.717, 1.165) is 5.69 Å². The minimum absolute atomic E-state index is 0.264. The largest absolute Gasteiger partial charge is 0.467 e. The van der Waals surface area contributed by atoms with Crippen LogP contribution >= 0.6 is 0 Å². The molecule has 6 nitrogen and oxygen atoms in total. The van der Waals surface area contributed by atoms with E-state index in [4.69, 9.17) is 4.42 Å². The SMILES string of the molecule is Cc1nc(C(=O)NCc2ccco2)cc(N(C)c2ccccc2)n1. The Morgan fingerprint density at radius 3 is 2.67 bits per heavy atom. The fraction of sp³-hybridized carbons (Fsp3) is 0.167. The summed E-state index contributed by atoms with van der Waals surface area (Å²) in [6.45, 7) is 2.09. The van der Waals surface area contributed by atoms with Gasteiger partial charge >= 0.3 is 0 Å². The van der Waals surface area contributed by atoms with Gasteiger partial charge in [0.1, 0.15) is 23.1 Å². The van der Waals surface area contributed by atoms with E-state index in [1.165, 1.54) is 0 Å². The Balaban J connectivity index is 1.79. The minimum atomic E-state index is -0.264. The van der Waals surface area contributed by atoms with Crippen LogP contribution in [0.3, 0.4) is 0 Å². The molecule has 0 saturated heterocycles. The Morgan fingerprint density at radius 2 is 1.96 bits per heavy atom. The van der Waals surface area contributed by atoms with Crippen LogP contribution in [0.1, 0.15) is 22.1 Å². The third kappa shape index (κ3) is 3.60. The van der Waals surface area contributed by atoms with Crippen molar-refractivity contribution in [2.45, 2.75) is 13.5 Å². The molecule has 0 fully saturated rings. The van der Waals surface area contributed by atoms with E-state index in [-0.39, 0.29) is 5.91 Å². The van der Waals surface area contributed by atoms with Crippen LogP contribution in [0.25, 0.3) is 0 Å². The van der Waals surface area contributed by atoms with Crippen molar-refractivity contribution in [3.8, 4) is 0 Å². The van der Waals surface area contributed by atoms with Gasteiger partial charge in [-0.3, -0.25) is 4.79 Å². The fourth-order valence-corrected chi connectivity index (χ4v) is 2.30. The highest BCUT2D eigenvalue weighted by atomic mass is 16.3. The fourth-order valence-electron chi connectivity index (χ4n) is 2.30. The molecule has 0 spiro atoms. The second-order valence-electron chi connectivity index (χ2n) is 5.32. The van der Waals surface area contributed by atoms with Crippen LogP contribution < -0.4 is 10.2 Å². The Bertz CT molecular complexity index is 816. The number of furan rings is 1. The predicted octanol–water partition coefficient (Wildman–Crippen LogP) is 3.08. The minimum Gasteiger partial charge on any atom is -0.467 e. The summed E-state index contributed by atoms with van der Waals surface area (Å²) in [6, 6.07) is 15.1. The number of benzene rings is 1. The maximum absolute atomic E-state index is 12.3. The van der Waals surface area contributed by atoms with Gasteiger partial charge in [0, 0.05) is 18.8 Å². The molecule has 0 aliphatic heterocycles. The average Bonchev–Trinajstić information content (AvgIpc) is 3.12. The first-order valence-corrected chi connectivity index (χ1v) is 7.58. The standard InChI is InChI=1S/C18H18N4O2/c1-13-20-16(18(23)19-12-15-9-6-10-24-15)11-17(21-13)22(2)14-7-4-3-5-8-14/h3-11H,12H2,1-2H3,(H,19,23). The van der Waals surface area contributed by atoms with Gasteiger partial charge in [0.15, 0.2) is 0 Å². The van der Waals surface area contributed by atoms with Crippen molar-refractivity contribution in [3.05, 3.63) is 72.1 Å². The molecule has 3 rings (SSSR count). The third-order valence-electron chi connectivity index (χ3n) is 3.55. The summed E-state index contributed by atoms with van der Waals surface area (Å²) in [5, 5.41) is 2.79. The molecule has 1 N–H and O–H groups in total. The number of hydrogen-bond acceptors (Lipinski definition) is 5. The highest BCUT2D eigenvalue weighted by Gasteiger charge is 2.13. The summed E-state index contributed by atoms with van der Waals surface area (Å²) in [7, 11) is 1.90. The summed E-state index contributed by atoms with van der Waals surface area (Å²) in [5.41, 5.74) is 1.31. The summed E-state index contributed by atoms with van der Waals surface area (Å²) >= 11 is 0. The number of amides is 1. The number of para-hydroxylation sites is 1. The van der Waals surface area contributed by atoms with Gasteiger partial charge in [-0.05, 0) is 31.2 Å². The van der Waals surface area contributed by atoms with E-state index in [9.17, 15) is 4.79 Å². The highest BCUT2D eigenvalue weighted by molar-refractivity contribution is 5.93. The number of nitrogens with zero attached hydrogens (tertiary/aromatic N) is 3. The first-order valence-electron chi connectivity index (χ1n) is 7.58. The summed E-state index contributed by atoms with van der Waals surface area (Å²) in [5.74, 6) is 1.63. The van der Waals surface area contributed by atoms with Gasteiger partial charge in [-0.1, -0.05) is 18.2 Å². The zero-order chi connectivity index (χ0) is 16.9. The molecule has 0 aliphatic rings. The van der Waals surface area contributed by atoms with E-state index in [0.29, 0.717) is 29.6 Å². The lowest BCUT2D eigenvalue weighted by Crippen LogP contribution is -2.25. The average molecular weight is 322 g/mol. The molecule has 2 heterocycles. The Kier molecular flexibility index (Phi) is 4.56. The van der Waals surface area contributed by atoms with Crippen LogP contribution in [0.5, 0.6) is 0 Å². The number of anilines is 2. The van der Waals surface area contributed by atoms with Crippen molar-refractivity contribution in [3.63, 3.8) is 0 Å². The molecule has 0 unspecified atom stereocenters. The third-order valence-corrected chi connectivity index (χ3v) is 3.55. The molecule has 24 heavy (non-hydrogen) atoms. The molecule has 0 bridgehead atoms. The van der Waals surface area contributed by atoms with Gasteiger partial charge in [0.05, 0.1) is 12.8 Å². The molecule has 2 aromatic heterocycles. The number of hydrogen-bond donors (Lipinski definition) is 1. The van der Waals surface area contributed by atoms with E-state index < -0.39 is 0 Å². The van der Waals surface area contributed by atoms with Gasteiger partial charge in [0.2, 0.25) is 0 Å². The monoisotopic (exact) mass is 322 g/mol. The van der Waals surface area contributed by atoms with Crippen molar-refractivity contribution in [1.82, 2.24) is 15.3 Å². The quantitative estimate of drug-likeness (QED) is 0.781. The maximum atomic E-state index is 12.3. The van der Waals surface area contributed by atoms with Crippen LogP contribution in [0.2, 0.25) is 0 Å². The number of carbonyl (C=O) groups is 1. The van der Waals surface area contributed by atoms with Crippen molar-refractivity contribution < 1.29 is 9.21 Å².